The summed E-state index contributed by atoms with van der Waals surface area (Å²) in [5.41, 5.74) is 2.10. The molecule has 8 nitrogen and oxygen atoms in total. The summed E-state index contributed by atoms with van der Waals surface area (Å²) in [6, 6.07) is 12.4. The quantitative estimate of drug-likeness (QED) is 0.397. The van der Waals surface area contributed by atoms with E-state index in [-0.39, 0.29) is 23.2 Å². The molecule has 0 spiro atoms. The fourth-order valence-electron chi connectivity index (χ4n) is 3.71. The van der Waals surface area contributed by atoms with E-state index in [0.29, 0.717) is 18.4 Å². The summed E-state index contributed by atoms with van der Waals surface area (Å²) in [6.45, 7) is 0. The summed E-state index contributed by atoms with van der Waals surface area (Å²) < 4.78 is 40.1. The maximum Gasteiger partial charge on any atom is 0.334 e. The van der Waals surface area contributed by atoms with Crippen molar-refractivity contribution in [2.75, 3.05) is 6.26 Å². The number of rotatable bonds is 11. The first-order valence-corrected chi connectivity index (χ1v) is 12.4. The Bertz CT molecular complexity index is 1260. The van der Waals surface area contributed by atoms with Crippen LogP contribution in [-0.4, -0.2) is 41.4 Å². The number of sulfone groups is 1. The largest absolute Gasteiger partial charge is 0.479 e. The molecule has 180 valence electrons. The van der Waals surface area contributed by atoms with Crippen molar-refractivity contribution < 1.29 is 27.5 Å². The Labute approximate surface area is 197 Å². The minimum Gasteiger partial charge on any atom is -0.479 e. The highest BCUT2D eigenvalue weighted by Crippen LogP contribution is 2.33. The molecule has 34 heavy (non-hydrogen) atoms. The Morgan fingerprint density at radius 2 is 2.03 bits per heavy atom. The van der Waals surface area contributed by atoms with E-state index in [9.17, 15) is 22.7 Å². The predicted octanol–water partition coefficient (Wildman–Crippen LogP) is 3.42. The maximum absolute atomic E-state index is 13.9. The second-order valence-corrected chi connectivity index (χ2v) is 9.88. The lowest BCUT2D eigenvalue weighted by Crippen LogP contribution is -2.26. The molecule has 0 fully saturated rings. The van der Waals surface area contributed by atoms with Gasteiger partial charge in [-0.05, 0) is 60.2 Å². The van der Waals surface area contributed by atoms with Gasteiger partial charge in [-0.1, -0.05) is 30.3 Å². The molecule has 0 saturated heterocycles. The molecular weight excluding hydrogens is 461 g/mol. The Balaban J connectivity index is 2.08. The number of aliphatic carboxylic acids is 1. The van der Waals surface area contributed by atoms with Crippen LogP contribution < -0.4 is 5.90 Å². The van der Waals surface area contributed by atoms with Crippen molar-refractivity contribution in [3.05, 3.63) is 90.3 Å². The normalized spacial score (nSPS) is 14.0. The van der Waals surface area contributed by atoms with Crippen molar-refractivity contribution >= 4 is 21.4 Å². The number of hydrogen-bond donors (Lipinski definition) is 2. The highest BCUT2D eigenvalue weighted by Gasteiger charge is 2.22. The van der Waals surface area contributed by atoms with Crippen LogP contribution in [0.25, 0.3) is 5.57 Å². The second-order valence-electron chi connectivity index (χ2n) is 7.86. The number of halogens is 1. The van der Waals surface area contributed by atoms with Crippen molar-refractivity contribution in [2.24, 2.45) is 5.90 Å². The molecule has 1 heterocycles. The monoisotopic (exact) mass is 487 g/mol. The molecule has 2 atom stereocenters. The molecule has 0 bridgehead atoms. The molecule has 0 aliphatic carbocycles. The third-order valence-electron chi connectivity index (χ3n) is 5.39. The summed E-state index contributed by atoms with van der Waals surface area (Å²) in [6.07, 6.45) is 7.58. The number of benzene rings is 2. The van der Waals surface area contributed by atoms with E-state index in [1.807, 2.05) is 10.6 Å². The molecule has 3 rings (SSSR count). The fraction of sp³-hybridized carbons (Fsp3) is 0.250. The molecule has 0 radical (unpaired) electrons. The molecule has 3 N–H and O–H groups in total. The van der Waals surface area contributed by atoms with E-state index in [0.717, 1.165) is 17.4 Å². The molecular formula is C24H26FN3O5S. The van der Waals surface area contributed by atoms with Crippen LogP contribution in [0, 0.1) is 5.82 Å². The first-order valence-electron chi connectivity index (χ1n) is 10.5. The van der Waals surface area contributed by atoms with Gasteiger partial charge in [0.15, 0.2) is 15.9 Å². The lowest BCUT2D eigenvalue weighted by Gasteiger charge is -2.24. The molecule has 0 aliphatic heterocycles. The highest BCUT2D eigenvalue weighted by atomic mass is 32.2. The third kappa shape index (κ3) is 6.60. The van der Waals surface area contributed by atoms with Gasteiger partial charge in [-0.25, -0.2) is 28.5 Å². The van der Waals surface area contributed by atoms with Gasteiger partial charge < -0.3 is 9.67 Å². The first-order chi connectivity index (χ1) is 16.2. The average Bonchev–Trinajstić information content (AvgIpc) is 3.32. The molecule has 2 aromatic carbocycles. The smallest absolute Gasteiger partial charge is 0.334 e. The lowest BCUT2D eigenvalue weighted by atomic mass is 9.91. The molecule has 0 amide bonds. The molecule has 0 saturated carbocycles. The van der Waals surface area contributed by atoms with E-state index >= 15 is 0 Å². The van der Waals surface area contributed by atoms with Crippen molar-refractivity contribution in [1.29, 1.82) is 0 Å². The van der Waals surface area contributed by atoms with Gasteiger partial charge in [-0.3, -0.25) is 4.84 Å². The number of hydrogen-bond acceptors (Lipinski definition) is 6. The molecule has 1 aromatic heterocycles. The third-order valence-corrected chi connectivity index (χ3v) is 6.50. The number of nitrogens with two attached hydrogens (primary N) is 1. The number of carbonyl (C=O) groups is 1. The van der Waals surface area contributed by atoms with Crippen molar-refractivity contribution in [2.45, 2.75) is 36.3 Å². The van der Waals surface area contributed by atoms with Crippen LogP contribution in [0.15, 0.2) is 78.2 Å². The van der Waals surface area contributed by atoms with E-state index in [1.54, 1.807) is 49.1 Å². The zero-order valence-electron chi connectivity index (χ0n) is 18.5. The maximum atomic E-state index is 13.9. The van der Waals surface area contributed by atoms with E-state index < -0.39 is 21.9 Å². The Kier molecular flexibility index (Phi) is 8.32. The standard InChI is InChI=1S/C24H26FN3O5S/c1-34(31,32)20-8-3-6-18(15-20)21(9-4-10-23(33-26)24(29)30)22(28-12-11-27-16-28)14-17-5-2-7-19(25)13-17/h2-3,5-9,11-13,15-16,22-23H,4,10,14,26H2,1H3,(H,29,30)/b21-9+. The fourth-order valence-corrected chi connectivity index (χ4v) is 4.38. The van der Waals surface area contributed by atoms with E-state index in [2.05, 4.69) is 9.82 Å². The molecule has 0 aliphatic rings. The van der Waals surface area contributed by atoms with Crippen LogP contribution in [0.5, 0.6) is 0 Å². The highest BCUT2D eigenvalue weighted by molar-refractivity contribution is 7.90. The summed E-state index contributed by atoms with van der Waals surface area (Å²) in [7, 11) is -3.46. The van der Waals surface area contributed by atoms with Gasteiger partial charge in [0, 0.05) is 18.6 Å². The number of nitrogens with zero attached hydrogens (tertiary/aromatic N) is 2. The lowest BCUT2D eigenvalue weighted by molar-refractivity contribution is -0.151. The summed E-state index contributed by atoms with van der Waals surface area (Å²) in [5.74, 6) is 3.56. The summed E-state index contributed by atoms with van der Waals surface area (Å²) >= 11 is 0. The Morgan fingerprint density at radius 1 is 1.26 bits per heavy atom. The van der Waals surface area contributed by atoms with Crippen LogP contribution in [0.3, 0.4) is 0 Å². The number of aromatic nitrogens is 2. The average molecular weight is 488 g/mol. The SMILES string of the molecule is CS(=O)(=O)c1cccc(/C(=C\CCC(ON)C(=O)O)C(Cc2cccc(F)c2)n2ccnc2)c1. The van der Waals surface area contributed by atoms with Crippen LogP contribution in [0.4, 0.5) is 4.39 Å². The number of allylic oxidation sites excluding steroid dienone is 2. The molecule has 10 heteroatoms. The van der Waals surface area contributed by atoms with E-state index in [1.165, 1.54) is 18.2 Å². The van der Waals surface area contributed by atoms with Crippen LogP contribution >= 0.6 is 0 Å². The number of carboxylic acid groups (broad SMARTS) is 1. The Hall–Kier alpha value is -3.34. The van der Waals surface area contributed by atoms with Crippen LogP contribution in [0.1, 0.15) is 30.0 Å². The predicted molar refractivity (Wildman–Crippen MR) is 125 cm³/mol. The van der Waals surface area contributed by atoms with Crippen molar-refractivity contribution in [1.82, 2.24) is 9.55 Å². The van der Waals surface area contributed by atoms with Gasteiger partial charge in [0.25, 0.3) is 0 Å². The number of imidazole rings is 1. The van der Waals surface area contributed by atoms with Crippen LogP contribution in [0.2, 0.25) is 0 Å². The van der Waals surface area contributed by atoms with Crippen molar-refractivity contribution in [3.63, 3.8) is 0 Å². The Morgan fingerprint density at radius 3 is 2.65 bits per heavy atom. The van der Waals surface area contributed by atoms with Gasteiger partial charge in [0.2, 0.25) is 0 Å². The minimum absolute atomic E-state index is 0.109. The van der Waals surface area contributed by atoms with Gasteiger partial charge in [-0.2, -0.15) is 0 Å². The topological polar surface area (TPSA) is 125 Å². The zero-order chi connectivity index (χ0) is 24.7. The van der Waals surface area contributed by atoms with Gasteiger partial charge in [0.1, 0.15) is 5.82 Å². The van der Waals surface area contributed by atoms with Gasteiger partial charge >= 0.3 is 5.97 Å². The molecule has 2 unspecified atom stereocenters. The van der Waals surface area contributed by atoms with Gasteiger partial charge in [-0.15, -0.1) is 0 Å². The van der Waals surface area contributed by atoms with Crippen LogP contribution in [-0.2, 0) is 25.9 Å². The molecule has 3 aromatic rings. The second kappa shape index (κ2) is 11.2. The first kappa shape index (κ1) is 25.3. The minimum atomic E-state index is -3.46. The summed E-state index contributed by atoms with van der Waals surface area (Å²) in [4.78, 5) is 20.1. The van der Waals surface area contributed by atoms with E-state index in [4.69, 9.17) is 5.90 Å². The van der Waals surface area contributed by atoms with Crippen molar-refractivity contribution in [3.8, 4) is 0 Å². The zero-order valence-corrected chi connectivity index (χ0v) is 19.4. The number of carboxylic acids is 1. The van der Waals surface area contributed by atoms with Gasteiger partial charge in [0.05, 0.1) is 17.3 Å². The summed E-state index contributed by atoms with van der Waals surface area (Å²) in [5, 5.41) is 9.22.